The molecule has 2 atom stereocenters. The van der Waals surface area contributed by atoms with Gasteiger partial charge in [0.05, 0.1) is 6.04 Å². The molecule has 0 spiro atoms. The first-order chi connectivity index (χ1) is 8.34. The van der Waals surface area contributed by atoms with Gasteiger partial charge < -0.3 is 14.4 Å². The highest BCUT2D eigenvalue weighted by atomic mass is 16.9. The minimum atomic E-state index is -0.441. The average molecular weight is 258 g/mol. The quantitative estimate of drug-likeness (QED) is 0.782. The fourth-order valence-corrected chi connectivity index (χ4v) is 1.80. The van der Waals surface area contributed by atoms with Crippen LogP contribution < -0.4 is 5.32 Å². The van der Waals surface area contributed by atoms with Crippen molar-refractivity contribution >= 4 is 5.91 Å². The predicted octanol–water partition coefficient (Wildman–Crippen LogP) is 1.39. The smallest absolute Gasteiger partial charge is 0.240 e. The van der Waals surface area contributed by atoms with Crippen LogP contribution in [0.5, 0.6) is 0 Å². The molecule has 0 aromatic heterocycles. The molecule has 1 amide bonds. The fourth-order valence-electron chi connectivity index (χ4n) is 1.80. The van der Waals surface area contributed by atoms with E-state index in [1.807, 2.05) is 20.9 Å². The lowest BCUT2D eigenvalue weighted by Crippen LogP contribution is -2.57. The molecule has 18 heavy (non-hydrogen) atoms. The van der Waals surface area contributed by atoms with Crippen LogP contribution in [0.4, 0.5) is 0 Å². The van der Waals surface area contributed by atoms with Gasteiger partial charge in [-0.15, -0.1) is 0 Å². The van der Waals surface area contributed by atoms with Crippen LogP contribution in [0, 0.1) is 11.8 Å². The minimum absolute atomic E-state index is 0.0882. The number of likely N-dealkylation sites (N-methyl/N-ethyl adjacent to an activating group) is 1. The third kappa shape index (κ3) is 3.67. The zero-order valence-corrected chi connectivity index (χ0v) is 12.3. The molecule has 1 aliphatic rings. The summed E-state index contributed by atoms with van der Waals surface area (Å²) in [5.41, 5.74) is 0. The summed E-state index contributed by atoms with van der Waals surface area (Å²) in [6, 6.07) is -0.0646. The number of hydrogen-bond acceptors (Lipinski definition) is 4. The molecule has 1 rings (SSSR count). The summed E-state index contributed by atoms with van der Waals surface area (Å²) in [5, 5.41) is 3.09. The molecule has 5 heteroatoms. The first-order valence-corrected chi connectivity index (χ1v) is 6.60. The lowest BCUT2D eigenvalue weighted by atomic mass is 10.00. The van der Waals surface area contributed by atoms with Crippen LogP contribution in [0.25, 0.3) is 0 Å². The average Bonchev–Trinajstić information content (AvgIpc) is 2.24. The molecule has 1 N–H and O–H groups in total. The molecule has 0 aliphatic carbocycles. The van der Waals surface area contributed by atoms with Gasteiger partial charge in [-0.05, 0) is 18.8 Å². The summed E-state index contributed by atoms with van der Waals surface area (Å²) < 4.78 is 10.3. The van der Waals surface area contributed by atoms with Crippen molar-refractivity contribution in [3.8, 4) is 0 Å². The maximum Gasteiger partial charge on any atom is 0.240 e. The van der Waals surface area contributed by atoms with Crippen LogP contribution >= 0.6 is 0 Å². The van der Waals surface area contributed by atoms with Crippen molar-refractivity contribution < 1.29 is 14.3 Å². The summed E-state index contributed by atoms with van der Waals surface area (Å²) in [6.07, 6.45) is -0.441. The molecule has 1 heterocycles. The first kappa shape index (κ1) is 15.4. The van der Waals surface area contributed by atoms with E-state index in [0.717, 1.165) is 0 Å². The lowest BCUT2D eigenvalue weighted by molar-refractivity contribution is -0.335. The minimum Gasteiger partial charge on any atom is -0.341 e. The first-order valence-electron chi connectivity index (χ1n) is 6.60. The van der Waals surface area contributed by atoms with E-state index >= 15 is 0 Å². The van der Waals surface area contributed by atoms with E-state index in [4.69, 9.17) is 9.47 Å². The lowest BCUT2D eigenvalue weighted by Gasteiger charge is -2.36. The molecular formula is C13H26N2O3. The molecule has 5 nitrogen and oxygen atoms in total. The van der Waals surface area contributed by atoms with Gasteiger partial charge in [-0.3, -0.25) is 10.1 Å². The Bertz CT molecular complexity index is 277. The number of nitrogens with one attached hydrogen (secondary N) is 1. The van der Waals surface area contributed by atoms with Crippen molar-refractivity contribution in [1.82, 2.24) is 10.2 Å². The molecule has 0 bridgehead atoms. The Morgan fingerprint density at radius 2 is 1.72 bits per heavy atom. The highest BCUT2D eigenvalue weighted by molar-refractivity contribution is 5.82. The van der Waals surface area contributed by atoms with Crippen LogP contribution in [0.3, 0.4) is 0 Å². The third-order valence-corrected chi connectivity index (χ3v) is 3.61. The van der Waals surface area contributed by atoms with Gasteiger partial charge in [-0.25, -0.2) is 0 Å². The number of nitrogens with zero attached hydrogens (tertiary/aromatic N) is 1. The van der Waals surface area contributed by atoms with E-state index in [2.05, 4.69) is 26.1 Å². The normalized spacial score (nSPS) is 19.8. The van der Waals surface area contributed by atoms with Crippen LogP contribution in [0.2, 0.25) is 0 Å². The second-order valence-electron chi connectivity index (χ2n) is 5.61. The van der Waals surface area contributed by atoms with Crippen molar-refractivity contribution in [2.24, 2.45) is 11.8 Å². The monoisotopic (exact) mass is 258 g/mol. The van der Waals surface area contributed by atoms with Crippen molar-refractivity contribution in [2.75, 3.05) is 13.8 Å². The number of hydrogen-bond donors (Lipinski definition) is 1. The van der Waals surface area contributed by atoms with E-state index in [1.165, 1.54) is 0 Å². The largest absolute Gasteiger partial charge is 0.341 e. The number of ether oxygens (including phenoxy) is 2. The second-order valence-corrected chi connectivity index (χ2v) is 5.61. The molecule has 0 aromatic rings. The Kier molecular flexibility index (Phi) is 5.56. The molecule has 106 valence electrons. The van der Waals surface area contributed by atoms with Gasteiger partial charge >= 0.3 is 0 Å². The SMILES string of the molecule is CC(C)[C@H](NC1OCO1)C(=O)N(C)[C@@H](C)C(C)C. The maximum atomic E-state index is 12.5. The Balaban J connectivity index is 2.63. The maximum absolute atomic E-state index is 12.5. The van der Waals surface area contributed by atoms with Crippen molar-refractivity contribution in [3.05, 3.63) is 0 Å². The Morgan fingerprint density at radius 3 is 2.06 bits per heavy atom. The summed E-state index contributed by atoms with van der Waals surface area (Å²) in [7, 11) is 1.85. The van der Waals surface area contributed by atoms with Gasteiger partial charge in [0.2, 0.25) is 12.3 Å². The number of amides is 1. The highest BCUT2D eigenvalue weighted by Gasteiger charge is 2.32. The topological polar surface area (TPSA) is 50.8 Å². The molecule has 0 saturated carbocycles. The Labute approximate surface area is 110 Å². The van der Waals surface area contributed by atoms with Crippen molar-refractivity contribution in [2.45, 2.75) is 53.1 Å². The summed E-state index contributed by atoms with van der Waals surface area (Å²) >= 11 is 0. The third-order valence-electron chi connectivity index (χ3n) is 3.61. The van der Waals surface area contributed by atoms with E-state index < -0.39 is 6.41 Å². The zero-order valence-electron chi connectivity index (χ0n) is 12.3. The molecule has 1 saturated heterocycles. The van der Waals surface area contributed by atoms with Gasteiger partial charge in [-0.1, -0.05) is 27.7 Å². The molecule has 0 aromatic carbocycles. The van der Waals surface area contributed by atoms with E-state index in [-0.39, 0.29) is 23.9 Å². The standard InChI is InChI=1S/C13H26N2O3/c1-8(2)10(5)15(6)12(16)11(9(3)4)14-13-17-7-18-13/h8-11,13-14H,7H2,1-6H3/t10-,11-/m0/s1. The highest BCUT2D eigenvalue weighted by Crippen LogP contribution is 2.15. The number of rotatable bonds is 6. The molecule has 1 aliphatic heterocycles. The Hall–Kier alpha value is -0.650. The van der Waals surface area contributed by atoms with E-state index in [9.17, 15) is 4.79 Å². The van der Waals surface area contributed by atoms with E-state index in [0.29, 0.717) is 12.7 Å². The van der Waals surface area contributed by atoms with Gasteiger partial charge in [0.1, 0.15) is 0 Å². The summed E-state index contributed by atoms with van der Waals surface area (Å²) in [6.45, 7) is 10.6. The molecule has 0 unspecified atom stereocenters. The van der Waals surface area contributed by atoms with Gasteiger partial charge in [0, 0.05) is 13.1 Å². The summed E-state index contributed by atoms with van der Waals surface area (Å²) in [4.78, 5) is 14.3. The van der Waals surface area contributed by atoms with Gasteiger partial charge in [0.15, 0.2) is 6.79 Å². The second kappa shape index (κ2) is 6.50. The van der Waals surface area contributed by atoms with Crippen molar-refractivity contribution in [3.63, 3.8) is 0 Å². The number of carbonyl (C=O) groups is 1. The van der Waals surface area contributed by atoms with Crippen LogP contribution in [-0.4, -0.2) is 43.1 Å². The molecular weight excluding hydrogens is 232 g/mol. The van der Waals surface area contributed by atoms with Crippen LogP contribution in [-0.2, 0) is 14.3 Å². The zero-order chi connectivity index (χ0) is 13.9. The predicted molar refractivity (Wildman–Crippen MR) is 69.7 cm³/mol. The van der Waals surface area contributed by atoms with Crippen molar-refractivity contribution in [1.29, 1.82) is 0 Å². The molecule has 0 radical (unpaired) electrons. The van der Waals surface area contributed by atoms with Gasteiger partial charge in [-0.2, -0.15) is 0 Å². The van der Waals surface area contributed by atoms with Gasteiger partial charge in [0.25, 0.3) is 0 Å². The van der Waals surface area contributed by atoms with Crippen LogP contribution in [0.1, 0.15) is 34.6 Å². The number of carbonyl (C=O) groups excluding carboxylic acids is 1. The molecule has 1 fully saturated rings. The Morgan fingerprint density at radius 1 is 1.17 bits per heavy atom. The summed E-state index contributed by atoms with van der Waals surface area (Å²) in [5.74, 6) is 0.709. The van der Waals surface area contributed by atoms with E-state index in [1.54, 1.807) is 4.90 Å². The van der Waals surface area contributed by atoms with Crippen LogP contribution in [0.15, 0.2) is 0 Å². The fraction of sp³-hybridized carbons (Fsp3) is 0.923.